The summed E-state index contributed by atoms with van der Waals surface area (Å²) in [5.41, 5.74) is 2.07. The van der Waals surface area contributed by atoms with Crippen molar-refractivity contribution in [3.05, 3.63) is 53.7 Å². The van der Waals surface area contributed by atoms with Crippen molar-refractivity contribution < 1.29 is 9.53 Å². The number of carbonyl (C=O) groups is 1. The summed E-state index contributed by atoms with van der Waals surface area (Å²) < 4.78 is 5.66. The van der Waals surface area contributed by atoms with E-state index in [2.05, 4.69) is 25.9 Å². The van der Waals surface area contributed by atoms with Crippen LogP contribution in [0.5, 0.6) is 5.75 Å². The van der Waals surface area contributed by atoms with E-state index >= 15 is 0 Å². The van der Waals surface area contributed by atoms with E-state index in [1.54, 1.807) is 13.1 Å². The molecule has 7 nitrogen and oxygen atoms in total. The van der Waals surface area contributed by atoms with E-state index in [4.69, 9.17) is 4.74 Å². The van der Waals surface area contributed by atoms with Crippen LogP contribution in [0.4, 0.5) is 5.82 Å². The Labute approximate surface area is 183 Å². The maximum absolute atomic E-state index is 12.0. The highest BCUT2D eigenvalue weighted by molar-refractivity contribution is 14.0. The van der Waals surface area contributed by atoms with Crippen LogP contribution >= 0.6 is 24.0 Å². The third-order valence-corrected chi connectivity index (χ3v) is 3.71. The molecule has 1 aromatic carbocycles. The highest BCUT2D eigenvalue weighted by Crippen LogP contribution is 2.10. The Morgan fingerprint density at radius 1 is 1.07 bits per heavy atom. The first kappa shape index (κ1) is 23.7. The molecule has 28 heavy (non-hydrogen) atoms. The molecular weight excluding hydrogens is 469 g/mol. The molecule has 1 heterocycles. The number of anilines is 1. The average Bonchev–Trinajstić information content (AvgIpc) is 2.65. The zero-order chi connectivity index (χ0) is 19.5. The largest absolute Gasteiger partial charge is 0.492 e. The Hall–Kier alpha value is -2.36. The number of nitrogens with one attached hydrogen (secondary N) is 3. The van der Waals surface area contributed by atoms with Crippen LogP contribution in [-0.4, -0.2) is 43.6 Å². The maximum atomic E-state index is 12.0. The van der Waals surface area contributed by atoms with Gasteiger partial charge in [0.2, 0.25) is 5.91 Å². The summed E-state index contributed by atoms with van der Waals surface area (Å²) in [5, 5.41) is 9.04. The number of aromatic nitrogens is 1. The minimum Gasteiger partial charge on any atom is -0.492 e. The number of carbonyl (C=O) groups excluding carboxylic acids is 1. The van der Waals surface area contributed by atoms with Gasteiger partial charge < -0.3 is 20.7 Å². The third kappa shape index (κ3) is 9.03. The van der Waals surface area contributed by atoms with Crippen LogP contribution in [0.2, 0.25) is 0 Å². The number of hydrogen-bond acceptors (Lipinski definition) is 4. The van der Waals surface area contributed by atoms with Gasteiger partial charge in [0.05, 0.1) is 6.54 Å². The van der Waals surface area contributed by atoms with Gasteiger partial charge in [-0.1, -0.05) is 23.8 Å². The smallest absolute Gasteiger partial charge is 0.227 e. The molecule has 3 N–H and O–H groups in total. The molecule has 0 spiro atoms. The Balaban J connectivity index is 0.00000392. The van der Waals surface area contributed by atoms with E-state index in [1.807, 2.05) is 50.2 Å². The van der Waals surface area contributed by atoms with Gasteiger partial charge >= 0.3 is 0 Å². The molecule has 1 aromatic heterocycles. The van der Waals surface area contributed by atoms with E-state index in [0.717, 1.165) is 11.4 Å². The molecule has 0 aliphatic heterocycles. The van der Waals surface area contributed by atoms with Crippen molar-refractivity contribution >= 4 is 41.7 Å². The summed E-state index contributed by atoms with van der Waals surface area (Å²) in [6.07, 6.45) is 0.316. The van der Waals surface area contributed by atoms with Gasteiger partial charge in [0.1, 0.15) is 18.2 Å². The number of ether oxygens (including phenoxy) is 1. The van der Waals surface area contributed by atoms with Crippen LogP contribution in [-0.2, 0) is 4.79 Å². The molecule has 0 aliphatic rings. The first-order chi connectivity index (χ1) is 13.1. The number of aliphatic imine (C=N–C) groups is 1. The predicted molar refractivity (Wildman–Crippen MR) is 124 cm³/mol. The molecule has 0 unspecified atom stereocenters. The molecule has 0 saturated heterocycles. The second-order valence-corrected chi connectivity index (χ2v) is 6.05. The number of benzene rings is 1. The van der Waals surface area contributed by atoms with Gasteiger partial charge in [0.25, 0.3) is 0 Å². The van der Waals surface area contributed by atoms with Crippen molar-refractivity contribution in [2.45, 2.75) is 20.3 Å². The van der Waals surface area contributed by atoms with Crippen molar-refractivity contribution in [3.63, 3.8) is 0 Å². The lowest BCUT2D eigenvalue weighted by atomic mass is 10.2. The number of hydrogen-bond donors (Lipinski definition) is 3. The minimum atomic E-state index is -0.0984. The second-order valence-electron chi connectivity index (χ2n) is 6.05. The van der Waals surface area contributed by atoms with Crippen LogP contribution in [0.25, 0.3) is 0 Å². The van der Waals surface area contributed by atoms with Crippen LogP contribution < -0.4 is 20.7 Å². The van der Waals surface area contributed by atoms with Gasteiger partial charge in [-0.25, -0.2) is 4.98 Å². The summed E-state index contributed by atoms with van der Waals surface area (Å²) >= 11 is 0. The van der Waals surface area contributed by atoms with Crippen LogP contribution in [0.3, 0.4) is 0 Å². The SMILES string of the molecule is CN=C(NCCOc1ccc(C)cc1)NCCC(=O)Nc1cccc(C)n1.I. The lowest BCUT2D eigenvalue weighted by Gasteiger charge is -2.12. The highest BCUT2D eigenvalue weighted by Gasteiger charge is 2.04. The van der Waals surface area contributed by atoms with Gasteiger partial charge in [-0.15, -0.1) is 24.0 Å². The maximum Gasteiger partial charge on any atom is 0.227 e. The number of guanidine groups is 1. The van der Waals surface area contributed by atoms with Crippen molar-refractivity contribution in [1.29, 1.82) is 0 Å². The van der Waals surface area contributed by atoms with Gasteiger partial charge in [-0.05, 0) is 38.1 Å². The fourth-order valence-corrected chi connectivity index (χ4v) is 2.31. The van der Waals surface area contributed by atoms with E-state index in [0.29, 0.717) is 37.9 Å². The van der Waals surface area contributed by atoms with Crippen LogP contribution in [0, 0.1) is 13.8 Å². The highest BCUT2D eigenvalue weighted by atomic mass is 127. The van der Waals surface area contributed by atoms with Gasteiger partial charge in [0.15, 0.2) is 5.96 Å². The third-order valence-electron chi connectivity index (χ3n) is 3.71. The van der Waals surface area contributed by atoms with Gasteiger partial charge in [0, 0.05) is 25.7 Å². The molecule has 152 valence electrons. The average molecular weight is 497 g/mol. The van der Waals surface area contributed by atoms with Crippen LogP contribution in [0.15, 0.2) is 47.5 Å². The Bertz CT molecular complexity index is 765. The molecule has 2 aromatic rings. The molecule has 2 rings (SSSR count). The second kappa shape index (κ2) is 12.9. The zero-order valence-electron chi connectivity index (χ0n) is 16.5. The van der Waals surface area contributed by atoms with Crippen molar-refractivity contribution in [3.8, 4) is 5.75 Å². The number of nitrogens with zero attached hydrogens (tertiary/aromatic N) is 2. The quantitative estimate of drug-likeness (QED) is 0.226. The van der Waals surface area contributed by atoms with E-state index < -0.39 is 0 Å². The molecule has 8 heteroatoms. The normalized spacial score (nSPS) is 10.6. The molecule has 0 bridgehead atoms. The topological polar surface area (TPSA) is 87.6 Å². The zero-order valence-corrected chi connectivity index (χ0v) is 18.8. The first-order valence-electron chi connectivity index (χ1n) is 8.94. The van der Waals surface area contributed by atoms with E-state index in [-0.39, 0.29) is 29.9 Å². The fourth-order valence-electron chi connectivity index (χ4n) is 2.31. The predicted octanol–water partition coefficient (Wildman–Crippen LogP) is 2.89. The molecule has 0 radical (unpaired) electrons. The first-order valence-corrected chi connectivity index (χ1v) is 8.94. The number of aryl methyl sites for hydroxylation is 2. The molecule has 1 amide bonds. The Morgan fingerprint density at radius 2 is 1.79 bits per heavy atom. The van der Waals surface area contributed by atoms with Crippen LogP contribution in [0.1, 0.15) is 17.7 Å². The molecule has 0 atom stereocenters. The van der Waals surface area contributed by atoms with Crippen molar-refractivity contribution in [2.75, 3.05) is 32.1 Å². The van der Waals surface area contributed by atoms with Crippen molar-refractivity contribution in [2.24, 2.45) is 4.99 Å². The number of amides is 1. The summed E-state index contributed by atoms with van der Waals surface area (Å²) in [5.74, 6) is 1.94. The van der Waals surface area contributed by atoms with E-state index in [9.17, 15) is 4.79 Å². The number of halogens is 1. The summed E-state index contributed by atoms with van der Waals surface area (Å²) in [6.45, 7) is 5.51. The Kier molecular flexibility index (Phi) is 10.9. The molecular formula is C20H28IN5O2. The molecule has 0 fully saturated rings. The summed E-state index contributed by atoms with van der Waals surface area (Å²) in [4.78, 5) is 20.3. The van der Waals surface area contributed by atoms with E-state index in [1.165, 1.54) is 5.56 Å². The monoisotopic (exact) mass is 497 g/mol. The van der Waals surface area contributed by atoms with Crippen molar-refractivity contribution in [1.82, 2.24) is 15.6 Å². The lowest BCUT2D eigenvalue weighted by molar-refractivity contribution is -0.116. The molecule has 0 aliphatic carbocycles. The number of rotatable bonds is 8. The summed E-state index contributed by atoms with van der Waals surface area (Å²) in [6, 6.07) is 13.4. The minimum absolute atomic E-state index is 0. The lowest BCUT2D eigenvalue weighted by Crippen LogP contribution is -2.40. The number of pyridine rings is 1. The Morgan fingerprint density at radius 3 is 2.46 bits per heavy atom. The van der Waals surface area contributed by atoms with Gasteiger partial charge in [-0.2, -0.15) is 0 Å². The standard InChI is InChI=1S/C20H27N5O2.HI/c1-15-7-9-17(10-8-15)27-14-13-23-20(21-3)22-12-11-19(26)25-18-6-4-5-16(2)24-18;/h4-10H,11-14H2,1-3H3,(H2,21,22,23)(H,24,25,26);1H. The summed E-state index contributed by atoms with van der Waals surface area (Å²) in [7, 11) is 1.69. The fraction of sp³-hybridized carbons (Fsp3) is 0.350. The van der Waals surface area contributed by atoms with Gasteiger partial charge in [-0.3, -0.25) is 9.79 Å². The molecule has 0 saturated carbocycles.